The number of nitrogens with one attached hydrogen (secondary N) is 1. The summed E-state index contributed by atoms with van der Waals surface area (Å²) in [4.78, 5) is 15.7. The minimum atomic E-state index is -1.39. The number of carbonyl (C=O) groups is 1. The zero-order valence-corrected chi connectivity index (χ0v) is 22.7. The van der Waals surface area contributed by atoms with Gasteiger partial charge in [0.2, 0.25) is 5.91 Å². The van der Waals surface area contributed by atoms with Gasteiger partial charge in [-0.1, -0.05) is 32.1 Å². The Kier molecular flexibility index (Phi) is 9.69. The third-order valence-electron chi connectivity index (χ3n) is 8.76. The Morgan fingerprint density at radius 2 is 1.77 bits per heavy atom. The highest BCUT2D eigenvalue weighted by molar-refractivity contribution is 7.99. The number of hydrogen-bond donors (Lipinski definition) is 4. The van der Waals surface area contributed by atoms with Crippen LogP contribution in [0.25, 0.3) is 0 Å². The van der Waals surface area contributed by atoms with Gasteiger partial charge in [0.15, 0.2) is 0 Å². The second-order valence-corrected chi connectivity index (χ2v) is 12.7. The molecule has 3 heterocycles. The molecule has 1 aliphatic carbocycles. The second kappa shape index (κ2) is 12.2. The SMILES string of the molecule is CSC1O[C@H]([C@H](NC(=O)[C@@H]2[C@@H]3OCC[C@H](C4CCCCC4)C[C@H]3CN2C)[C@H](C)Cl)C(O)C(O)[C@H]1O. The molecule has 0 aromatic carbocycles. The Hall–Kier alpha value is -0.130. The summed E-state index contributed by atoms with van der Waals surface area (Å²) in [5, 5.41) is 33.7. The molecule has 1 saturated carbocycles. The molecule has 10 heteroatoms. The number of rotatable bonds is 6. The lowest BCUT2D eigenvalue weighted by atomic mass is 9.75. The highest BCUT2D eigenvalue weighted by atomic mass is 35.5. The quantitative estimate of drug-likeness (QED) is 0.380. The van der Waals surface area contributed by atoms with E-state index in [-0.39, 0.29) is 12.0 Å². The third kappa shape index (κ3) is 5.98. The summed E-state index contributed by atoms with van der Waals surface area (Å²) in [6.07, 6.45) is 5.45. The molecule has 11 atom stereocenters. The molecule has 3 saturated heterocycles. The van der Waals surface area contributed by atoms with E-state index in [1.165, 1.54) is 43.9 Å². The minimum Gasteiger partial charge on any atom is -0.388 e. The van der Waals surface area contributed by atoms with E-state index in [2.05, 4.69) is 10.2 Å². The van der Waals surface area contributed by atoms with Crippen LogP contribution in [-0.4, -0.2) is 106 Å². The van der Waals surface area contributed by atoms with Crippen molar-refractivity contribution in [3.63, 3.8) is 0 Å². The van der Waals surface area contributed by atoms with Crippen molar-refractivity contribution >= 4 is 29.3 Å². The average molecular weight is 535 g/mol. The van der Waals surface area contributed by atoms with E-state index in [0.29, 0.717) is 18.4 Å². The Morgan fingerprint density at radius 3 is 2.43 bits per heavy atom. The van der Waals surface area contributed by atoms with Crippen LogP contribution in [0.5, 0.6) is 0 Å². The van der Waals surface area contributed by atoms with E-state index in [1.54, 1.807) is 13.2 Å². The highest BCUT2D eigenvalue weighted by Crippen LogP contribution is 2.41. The molecular formula is C25H43ClN2O6S. The highest BCUT2D eigenvalue weighted by Gasteiger charge is 2.51. The third-order valence-corrected chi connectivity index (χ3v) is 9.89. The van der Waals surface area contributed by atoms with Crippen LogP contribution in [-0.2, 0) is 14.3 Å². The van der Waals surface area contributed by atoms with Crippen molar-refractivity contribution in [2.45, 2.75) is 105 Å². The van der Waals surface area contributed by atoms with E-state index in [9.17, 15) is 20.1 Å². The molecular weight excluding hydrogens is 492 g/mol. The molecule has 0 radical (unpaired) electrons. The number of nitrogens with zero attached hydrogens (tertiary/aromatic N) is 1. The number of fused-ring (bicyclic) bond motifs is 1. The van der Waals surface area contributed by atoms with Crippen molar-refractivity contribution in [1.29, 1.82) is 0 Å². The standard InChI is InChI=1S/C25H43ClN2O6S/c1-13(26)17(23-20(30)19(29)21(31)25(34-23)35-3)27-24(32)18-22-16(12-28(18)2)11-15(9-10-33-22)14-7-5-4-6-8-14/h13-23,25,29-31H,4-12H2,1-3H3,(H,27,32)/t13-,15-,16-,17+,18-,19?,20?,21+,22+,23+,25?/m0/s1. The van der Waals surface area contributed by atoms with Crippen LogP contribution in [0.15, 0.2) is 0 Å². The molecule has 0 bridgehead atoms. The van der Waals surface area contributed by atoms with Gasteiger partial charge in [0.25, 0.3) is 0 Å². The summed E-state index contributed by atoms with van der Waals surface area (Å²) in [6, 6.07) is -1.19. The fourth-order valence-corrected chi connectivity index (χ4v) is 7.74. The maximum absolute atomic E-state index is 13.6. The van der Waals surface area contributed by atoms with Crippen LogP contribution in [0.4, 0.5) is 0 Å². The number of alkyl halides is 1. The van der Waals surface area contributed by atoms with Crippen molar-refractivity contribution in [2.75, 3.05) is 26.5 Å². The van der Waals surface area contributed by atoms with E-state index in [4.69, 9.17) is 21.1 Å². The Balaban J connectivity index is 1.45. The van der Waals surface area contributed by atoms with Gasteiger partial charge in [0.05, 0.1) is 17.5 Å². The number of hydrogen-bond acceptors (Lipinski definition) is 8. The van der Waals surface area contributed by atoms with Crippen LogP contribution < -0.4 is 5.32 Å². The number of halogens is 1. The first-order chi connectivity index (χ1) is 16.7. The van der Waals surface area contributed by atoms with Crippen molar-refractivity contribution < 1.29 is 29.6 Å². The lowest BCUT2D eigenvalue weighted by Crippen LogP contribution is -2.65. The summed E-state index contributed by atoms with van der Waals surface area (Å²) in [5.41, 5.74) is -0.728. The van der Waals surface area contributed by atoms with Crippen molar-refractivity contribution in [1.82, 2.24) is 10.2 Å². The normalized spacial score (nSPS) is 43.2. The van der Waals surface area contributed by atoms with E-state index in [1.807, 2.05) is 7.05 Å². The largest absolute Gasteiger partial charge is 0.388 e. The molecule has 4 rings (SSSR count). The lowest BCUT2D eigenvalue weighted by molar-refractivity contribution is -0.205. The van der Waals surface area contributed by atoms with E-state index < -0.39 is 47.3 Å². The monoisotopic (exact) mass is 534 g/mol. The Morgan fingerprint density at radius 1 is 1.06 bits per heavy atom. The predicted molar refractivity (Wildman–Crippen MR) is 136 cm³/mol. The van der Waals surface area contributed by atoms with E-state index in [0.717, 1.165) is 25.3 Å². The summed E-state index contributed by atoms with van der Waals surface area (Å²) in [6.45, 7) is 3.22. The van der Waals surface area contributed by atoms with Gasteiger partial charge in [-0.05, 0) is 44.9 Å². The molecule has 8 nitrogen and oxygen atoms in total. The number of thioether (sulfide) groups is 1. The lowest BCUT2D eigenvalue weighted by Gasteiger charge is -2.44. The topological polar surface area (TPSA) is 111 Å². The average Bonchev–Trinajstić information content (AvgIpc) is 3.01. The van der Waals surface area contributed by atoms with Crippen LogP contribution in [0.3, 0.4) is 0 Å². The number of aliphatic hydroxyl groups is 3. The molecule has 202 valence electrons. The second-order valence-electron chi connectivity index (χ2n) is 11.1. The fourth-order valence-electron chi connectivity index (χ4n) is 6.85. The molecule has 4 N–H and O–H groups in total. The summed E-state index contributed by atoms with van der Waals surface area (Å²) >= 11 is 7.71. The van der Waals surface area contributed by atoms with Crippen molar-refractivity contribution in [3.05, 3.63) is 0 Å². The van der Waals surface area contributed by atoms with Crippen molar-refractivity contribution in [2.24, 2.45) is 17.8 Å². The number of carbonyl (C=O) groups excluding carboxylic acids is 1. The number of aliphatic hydroxyl groups excluding tert-OH is 3. The number of amides is 1. The van der Waals surface area contributed by atoms with Gasteiger partial charge < -0.3 is 30.1 Å². The molecule has 0 spiro atoms. The minimum absolute atomic E-state index is 0.177. The van der Waals surface area contributed by atoms with Crippen LogP contribution >= 0.6 is 23.4 Å². The summed E-state index contributed by atoms with van der Waals surface area (Å²) < 4.78 is 12.2. The summed E-state index contributed by atoms with van der Waals surface area (Å²) in [5.74, 6) is 1.55. The molecule has 4 fully saturated rings. The predicted octanol–water partition coefficient (Wildman–Crippen LogP) is 1.57. The molecule has 0 aromatic rings. The van der Waals surface area contributed by atoms with Gasteiger partial charge in [-0.2, -0.15) is 0 Å². The fraction of sp³-hybridized carbons (Fsp3) is 0.960. The molecule has 3 unspecified atom stereocenters. The van der Waals surface area contributed by atoms with Gasteiger partial charge in [0, 0.05) is 19.1 Å². The number of ether oxygens (including phenoxy) is 2. The Labute approximate surface area is 218 Å². The number of likely N-dealkylation sites (tertiary alicyclic amines) is 1. The van der Waals surface area contributed by atoms with Gasteiger partial charge in [-0.25, -0.2) is 0 Å². The first kappa shape index (κ1) is 27.9. The zero-order valence-electron chi connectivity index (χ0n) is 21.1. The van der Waals surface area contributed by atoms with Crippen LogP contribution in [0.1, 0.15) is 51.9 Å². The molecule has 4 aliphatic rings. The first-order valence-electron chi connectivity index (χ1n) is 13.2. The molecule has 3 aliphatic heterocycles. The summed E-state index contributed by atoms with van der Waals surface area (Å²) in [7, 11) is 1.97. The maximum atomic E-state index is 13.6. The maximum Gasteiger partial charge on any atom is 0.240 e. The molecule has 0 aromatic heterocycles. The van der Waals surface area contributed by atoms with Crippen molar-refractivity contribution in [3.8, 4) is 0 Å². The first-order valence-corrected chi connectivity index (χ1v) is 14.9. The van der Waals surface area contributed by atoms with Gasteiger partial charge in [-0.15, -0.1) is 23.4 Å². The smallest absolute Gasteiger partial charge is 0.240 e. The van der Waals surface area contributed by atoms with Crippen LogP contribution in [0, 0.1) is 17.8 Å². The van der Waals surface area contributed by atoms with Gasteiger partial charge >= 0.3 is 0 Å². The molecule has 35 heavy (non-hydrogen) atoms. The zero-order chi connectivity index (χ0) is 25.3. The number of likely N-dealkylation sites (N-methyl/N-ethyl adjacent to an activating group) is 1. The Bertz CT molecular complexity index is 711. The van der Waals surface area contributed by atoms with E-state index >= 15 is 0 Å². The molecule has 1 amide bonds. The van der Waals surface area contributed by atoms with Gasteiger partial charge in [-0.3, -0.25) is 9.69 Å². The van der Waals surface area contributed by atoms with Gasteiger partial charge in [0.1, 0.15) is 35.9 Å². The van der Waals surface area contributed by atoms with Crippen LogP contribution in [0.2, 0.25) is 0 Å².